The molecule has 0 aliphatic heterocycles. The molecule has 53 heavy (non-hydrogen) atoms. The molecule has 3 heterocycles. The van der Waals surface area contributed by atoms with Crippen molar-refractivity contribution >= 4 is 43.7 Å². The van der Waals surface area contributed by atoms with E-state index in [0.717, 1.165) is 55.3 Å². The van der Waals surface area contributed by atoms with E-state index in [9.17, 15) is 0 Å². The Bertz CT molecular complexity index is 3020. The van der Waals surface area contributed by atoms with Crippen molar-refractivity contribution in [1.29, 1.82) is 0 Å². The lowest BCUT2D eigenvalue weighted by Crippen LogP contribution is -2.15. The Kier molecular flexibility index (Phi) is 6.23. The van der Waals surface area contributed by atoms with Gasteiger partial charge in [-0.15, -0.1) is 0 Å². The molecule has 250 valence electrons. The Morgan fingerprint density at radius 3 is 1.85 bits per heavy atom. The van der Waals surface area contributed by atoms with Crippen molar-refractivity contribution in [2.75, 3.05) is 0 Å². The number of benzene rings is 7. The van der Waals surface area contributed by atoms with Crippen molar-refractivity contribution in [2.45, 2.75) is 19.3 Å². The van der Waals surface area contributed by atoms with Crippen LogP contribution in [0.25, 0.3) is 94.7 Å². The SMILES string of the molecule is CC1(C)c2ccccc2-c2c1c1c3ccccc3n(-c3cccc(-c4nc(-c5ccccc5)nc(-c5ccccc5)n4)c3)c1c1c2oc2ccccc21. The predicted molar refractivity (Wildman–Crippen MR) is 215 cm³/mol. The predicted octanol–water partition coefficient (Wildman–Crippen LogP) is 12.2. The van der Waals surface area contributed by atoms with Gasteiger partial charge in [-0.2, -0.15) is 0 Å². The topological polar surface area (TPSA) is 56.7 Å². The maximum atomic E-state index is 6.90. The molecule has 3 aromatic heterocycles. The van der Waals surface area contributed by atoms with E-state index in [1.54, 1.807) is 0 Å². The molecule has 11 rings (SSSR count). The molecule has 0 amide bonds. The number of furan rings is 1. The fourth-order valence-electron chi connectivity index (χ4n) is 8.68. The molecular weight excluding hydrogens is 649 g/mol. The summed E-state index contributed by atoms with van der Waals surface area (Å²) in [5.74, 6) is 1.90. The minimum Gasteiger partial charge on any atom is -0.455 e. The van der Waals surface area contributed by atoms with Gasteiger partial charge >= 0.3 is 0 Å². The fourth-order valence-corrected chi connectivity index (χ4v) is 8.68. The maximum absolute atomic E-state index is 6.90. The number of aromatic nitrogens is 4. The van der Waals surface area contributed by atoms with Crippen LogP contribution in [-0.4, -0.2) is 19.5 Å². The maximum Gasteiger partial charge on any atom is 0.164 e. The van der Waals surface area contributed by atoms with Gasteiger partial charge in [-0.1, -0.05) is 147 Å². The van der Waals surface area contributed by atoms with E-state index >= 15 is 0 Å². The van der Waals surface area contributed by atoms with Gasteiger partial charge in [0.15, 0.2) is 17.5 Å². The first-order valence-corrected chi connectivity index (χ1v) is 18.0. The summed E-state index contributed by atoms with van der Waals surface area (Å²) in [6.07, 6.45) is 0. The third kappa shape index (κ3) is 4.28. The van der Waals surface area contributed by atoms with Crippen LogP contribution in [0.15, 0.2) is 162 Å². The van der Waals surface area contributed by atoms with Crippen LogP contribution in [0.5, 0.6) is 0 Å². The van der Waals surface area contributed by atoms with Gasteiger partial charge in [-0.05, 0) is 41.0 Å². The van der Waals surface area contributed by atoms with Crippen LogP contribution in [0.3, 0.4) is 0 Å². The lowest BCUT2D eigenvalue weighted by atomic mass is 9.80. The number of para-hydroxylation sites is 2. The average Bonchev–Trinajstić information content (AvgIpc) is 3.84. The van der Waals surface area contributed by atoms with Crippen LogP contribution < -0.4 is 0 Å². The summed E-state index contributed by atoms with van der Waals surface area (Å²) < 4.78 is 9.33. The van der Waals surface area contributed by atoms with Gasteiger partial charge < -0.3 is 8.98 Å². The molecule has 0 saturated heterocycles. The van der Waals surface area contributed by atoms with E-state index in [1.807, 2.05) is 60.7 Å². The highest BCUT2D eigenvalue weighted by molar-refractivity contribution is 6.30. The lowest BCUT2D eigenvalue weighted by Gasteiger charge is -2.23. The molecular formula is C48H32N4O. The molecule has 1 aliphatic carbocycles. The van der Waals surface area contributed by atoms with Crippen LogP contribution in [0.2, 0.25) is 0 Å². The van der Waals surface area contributed by atoms with E-state index in [2.05, 4.69) is 115 Å². The Balaban J connectivity index is 1.24. The summed E-state index contributed by atoms with van der Waals surface area (Å²) in [4.78, 5) is 15.1. The molecule has 5 heteroatoms. The fraction of sp³-hybridized carbons (Fsp3) is 0.0625. The summed E-state index contributed by atoms with van der Waals surface area (Å²) in [7, 11) is 0. The second-order valence-corrected chi connectivity index (χ2v) is 14.4. The van der Waals surface area contributed by atoms with Crippen LogP contribution >= 0.6 is 0 Å². The summed E-state index contributed by atoms with van der Waals surface area (Å²) in [5, 5.41) is 4.71. The number of rotatable bonds is 4. The Morgan fingerprint density at radius 2 is 1.11 bits per heavy atom. The zero-order valence-corrected chi connectivity index (χ0v) is 29.2. The van der Waals surface area contributed by atoms with E-state index in [-0.39, 0.29) is 5.41 Å². The van der Waals surface area contributed by atoms with Crippen molar-refractivity contribution < 1.29 is 4.42 Å². The number of nitrogens with zero attached hydrogens (tertiary/aromatic N) is 4. The highest BCUT2D eigenvalue weighted by Gasteiger charge is 2.41. The first-order chi connectivity index (χ1) is 26.1. The third-order valence-corrected chi connectivity index (χ3v) is 11.0. The molecule has 0 saturated carbocycles. The summed E-state index contributed by atoms with van der Waals surface area (Å²) in [5.41, 5.74) is 12.8. The minimum atomic E-state index is -0.249. The van der Waals surface area contributed by atoms with Gasteiger partial charge in [0.05, 0.1) is 16.4 Å². The molecule has 0 unspecified atom stereocenters. The van der Waals surface area contributed by atoms with Crippen molar-refractivity contribution in [3.63, 3.8) is 0 Å². The summed E-state index contributed by atoms with van der Waals surface area (Å²) >= 11 is 0. The van der Waals surface area contributed by atoms with Crippen LogP contribution in [-0.2, 0) is 5.41 Å². The van der Waals surface area contributed by atoms with Gasteiger partial charge in [0, 0.05) is 49.5 Å². The van der Waals surface area contributed by atoms with Crippen molar-refractivity contribution in [3.05, 3.63) is 169 Å². The zero-order chi connectivity index (χ0) is 35.3. The van der Waals surface area contributed by atoms with Gasteiger partial charge in [0.25, 0.3) is 0 Å². The van der Waals surface area contributed by atoms with E-state index in [0.29, 0.717) is 17.5 Å². The highest BCUT2D eigenvalue weighted by Crippen LogP contribution is 2.57. The Labute approximate surface area is 305 Å². The molecule has 0 N–H and O–H groups in total. The van der Waals surface area contributed by atoms with Crippen LogP contribution in [0.4, 0.5) is 0 Å². The number of hydrogen-bond donors (Lipinski definition) is 0. The Hall–Kier alpha value is -6.85. The van der Waals surface area contributed by atoms with Crippen LogP contribution in [0, 0.1) is 0 Å². The van der Waals surface area contributed by atoms with Crippen molar-refractivity contribution in [2.24, 2.45) is 0 Å². The molecule has 5 nitrogen and oxygen atoms in total. The molecule has 0 fully saturated rings. The normalized spacial score (nSPS) is 13.2. The molecule has 10 aromatic rings. The van der Waals surface area contributed by atoms with Gasteiger partial charge in [0.2, 0.25) is 0 Å². The molecule has 0 spiro atoms. The number of hydrogen-bond acceptors (Lipinski definition) is 4. The molecule has 0 bridgehead atoms. The van der Waals surface area contributed by atoms with Crippen LogP contribution in [0.1, 0.15) is 25.0 Å². The number of fused-ring (bicyclic) bond motifs is 12. The summed E-state index contributed by atoms with van der Waals surface area (Å²) in [6.45, 7) is 4.71. The molecule has 7 aromatic carbocycles. The average molecular weight is 681 g/mol. The Morgan fingerprint density at radius 1 is 0.528 bits per heavy atom. The van der Waals surface area contributed by atoms with Gasteiger partial charge in [-0.3, -0.25) is 0 Å². The van der Waals surface area contributed by atoms with Gasteiger partial charge in [0.1, 0.15) is 11.2 Å². The summed E-state index contributed by atoms with van der Waals surface area (Å²) in [6, 6.07) is 54.9. The van der Waals surface area contributed by atoms with Crippen molar-refractivity contribution in [1.82, 2.24) is 19.5 Å². The quantitative estimate of drug-likeness (QED) is 0.186. The van der Waals surface area contributed by atoms with E-state index in [4.69, 9.17) is 19.4 Å². The molecule has 0 radical (unpaired) electrons. The standard InChI is InChI=1S/C48H32N4O/c1-48(2)36-25-12-9-22-33(36)40-42(48)39-34-23-10-13-26-37(34)52(43(39)41-35-24-11-14-27-38(35)53-44(40)41)32-21-15-20-31(28-32)47-50-45(29-16-5-3-6-17-29)49-46(51-47)30-18-7-4-8-19-30/h3-28H,1-2H3. The monoisotopic (exact) mass is 680 g/mol. The zero-order valence-electron chi connectivity index (χ0n) is 29.2. The first kappa shape index (κ1) is 29.8. The minimum absolute atomic E-state index is 0.249. The third-order valence-electron chi connectivity index (χ3n) is 11.0. The van der Waals surface area contributed by atoms with E-state index < -0.39 is 0 Å². The smallest absolute Gasteiger partial charge is 0.164 e. The molecule has 0 atom stereocenters. The first-order valence-electron chi connectivity index (χ1n) is 18.0. The largest absolute Gasteiger partial charge is 0.455 e. The highest BCUT2D eigenvalue weighted by atomic mass is 16.3. The second kappa shape index (κ2) is 11.1. The molecule has 1 aliphatic rings. The lowest BCUT2D eigenvalue weighted by molar-refractivity contribution is 0.658. The second-order valence-electron chi connectivity index (χ2n) is 14.4. The van der Waals surface area contributed by atoms with E-state index in [1.165, 1.54) is 33.0 Å². The van der Waals surface area contributed by atoms with Gasteiger partial charge in [-0.25, -0.2) is 15.0 Å². The van der Waals surface area contributed by atoms with Crippen molar-refractivity contribution in [3.8, 4) is 51.0 Å².